The Kier molecular flexibility index (Phi) is 6.89. The molecule has 1 aromatic carbocycles. The highest BCUT2D eigenvalue weighted by atomic mass is 35.5. The molecule has 0 unspecified atom stereocenters. The molecule has 0 spiro atoms. The summed E-state index contributed by atoms with van der Waals surface area (Å²) in [4.78, 5) is 12.8. The van der Waals surface area contributed by atoms with Crippen LogP contribution in [0, 0.1) is 24.7 Å². The Bertz CT molecular complexity index is 884. The number of rotatable bonds is 7. The van der Waals surface area contributed by atoms with Gasteiger partial charge in [-0.2, -0.15) is 4.68 Å². The van der Waals surface area contributed by atoms with Crippen LogP contribution in [-0.4, -0.2) is 58.0 Å². The number of carbonyl (C=O) groups excluding carboxylic acids is 1. The molecule has 4 atom stereocenters. The van der Waals surface area contributed by atoms with Gasteiger partial charge in [0.15, 0.2) is 5.82 Å². The number of amides is 1. The van der Waals surface area contributed by atoms with E-state index in [-0.39, 0.29) is 30.5 Å². The summed E-state index contributed by atoms with van der Waals surface area (Å²) >= 11 is 0. The van der Waals surface area contributed by atoms with Crippen LogP contribution in [0.15, 0.2) is 24.3 Å². The molecular weight excluding hydrogens is 416 g/mol. The summed E-state index contributed by atoms with van der Waals surface area (Å²) in [7, 11) is 0. The number of nitrogens with one attached hydrogen (secondary N) is 2. The van der Waals surface area contributed by atoms with Crippen LogP contribution in [0.4, 0.5) is 0 Å². The zero-order valence-electron chi connectivity index (χ0n) is 17.9. The number of ether oxygens (including phenoxy) is 1. The van der Waals surface area contributed by atoms with E-state index >= 15 is 0 Å². The van der Waals surface area contributed by atoms with E-state index in [1.54, 1.807) is 4.68 Å². The number of benzene rings is 1. The molecule has 3 fully saturated rings. The average molecular weight is 447 g/mol. The highest BCUT2D eigenvalue weighted by molar-refractivity contribution is 5.85. The molecule has 1 aromatic heterocycles. The number of hydrogen-bond donors (Lipinski definition) is 2. The smallest absolute Gasteiger partial charge is 0.224 e. The second-order valence-corrected chi connectivity index (χ2v) is 9.12. The zero-order valence-corrected chi connectivity index (χ0v) is 18.7. The topological polar surface area (TPSA) is 94.0 Å². The molecular formula is C22H31ClN6O2. The SMILES string of the molecule is Cc1nnnn1-c1ccc(CC(=O)N[C@H]2C[C@H]3CNC[C@H]3C[C@@H]2OCC2CC2)cc1.Cl. The predicted octanol–water partition coefficient (Wildman–Crippen LogP) is 1.84. The molecule has 3 aliphatic rings. The van der Waals surface area contributed by atoms with Crippen molar-refractivity contribution in [3.8, 4) is 5.69 Å². The van der Waals surface area contributed by atoms with Crippen molar-refractivity contribution in [2.45, 2.75) is 51.2 Å². The highest BCUT2D eigenvalue weighted by Crippen LogP contribution is 2.36. The first-order chi connectivity index (χ1) is 14.7. The molecule has 2 N–H and O–H groups in total. The van der Waals surface area contributed by atoms with Crippen LogP contribution in [0.3, 0.4) is 0 Å². The van der Waals surface area contributed by atoms with E-state index in [1.807, 2.05) is 31.2 Å². The zero-order chi connectivity index (χ0) is 20.5. The van der Waals surface area contributed by atoms with E-state index in [0.29, 0.717) is 18.3 Å². The number of aromatic nitrogens is 4. The molecule has 1 saturated heterocycles. The third-order valence-electron chi connectivity index (χ3n) is 6.78. The number of fused-ring (bicyclic) bond motifs is 1. The van der Waals surface area contributed by atoms with Gasteiger partial charge in [0.25, 0.3) is 0 Å². The van der Waals surface area contributed by atoms with Crippen LogP contribution in [0.25, 0.3) is 5.69 Å². The van der Waals surface area contributed by atoms with Crippen LogP contribution in [0.5, 0.6) is 0 Å². The van der Waals surface area contributed by atoms with E-state index in [4.69, 9.17) is 4.74 Å². The molecule has 31 heavy (non-hydrogen) atoms. The molecule has 0 radical (unpaired) electrons. The largest absolute Gasteiger partial charge is 0.376 e. The lowest BCUT2D eigenvalue weighted by Crippen LogP contribution is -2.51. The number of hydrogen-bond acceptors (Lipinski definition) is 6. The van der Waals surface area contributed by atoms with E-state index in [1.165, 1.54) is 12.8 Å². The van der Waals surface area contributed by atoms with E-state index in [0.717, 1.165) is 55.5 Å². The van der Waals surface area contributed by atoms with Gasteiger partial charge < -0.3 is 15.4 Å². The molecule has 8 nitrogen and oxygen atoms in total. The van der Waals surface area contributed by atoms with Gasteiger partial charge in [-0.15, -0.1) is 17.5 Å². The van der Waals surface area contributed by atoms with Crippen molar-refractivity contribution < 1.29 is 9.53 Å². The number of aryl methyl sites for hydroxylation is 1. The Morgan fingerprint density at radius 3 is 2.61 bits per heavy atom. The van der Waals surface area contributed by atoms with Gasteiger partial charge in [-0.1, -0.05) is 12.1 Å². The van der Waals surface area contributed by atoms with E-state index < -0.39 is 0 Å². The van der Waals surface area contributed by atoms with Crippen LogP contribution in [0.2, 0.25) is 0 Å². The monoisotopic (exact) mass is 446 g/mol. The van der Waals surface area contributed by atoms with Crippen LogP contribution in [0.1, 0.15) is 37.1 Å². The minimum absolute atomic E-state index is 0. The average Bonchev–Trinajstić information content (AvgIpc) is 3.29. The minimum atomic E-state index is 0. The second-order valence-electron chi connectivity index (χ2n) is 9.12. The molecule has 1 amide bonds. The molecule has 5 rings (SSSR count). The van der Waals surface area contributed by atoms with Gasteiger partial charge in [0.2, 0.25) is 5.91 Å². The lowest BCUT2D eigenvalue weighted by molar-refractivity contribution is -0.123. The van der Waals surface area contributed by atoms with Gasteiger partial charge >= 0.3 is 0 Å². The van der Waals surface area contributed by atoms with Crippen LogP contribution >= 0.6 is 12.4 Å². The number of nitrogens with zero attached hydrogens (tertiary/aromatic N) is 4. The van der Waals surface area contributed by atoms with Gasteiger partial charge in [-0.3, -0.25) is 4.79 Å². The maximum atomic E-state index is 12.8. The standard InChI is InChI=1S/C22H30N6O2.ClH/c1-14-25-26-27-28(14)19-6-4-15(5-7-19)8-22(29)24-20-9-17-11-23-12-18(17)10-21(20)30-13-16-2-3-16;/h4-7,16-18,20-21,23H,2-3,8-13H2,1H3,(H,24,29);1H/t17-,18+,20-,21-;/m0./s1. The predicted molar refractivity (Wildman–Crippen MR) is 118 cm³/mol. The fourth-order valence-corrected chi connectivity index (χ4v) is 4.83. The van der Waals surface area contributed by atoms with Gasteiger partial charge in [-0.25, -0.2) is 0 Å². The van der Waals surface area contributed by atoms with Gasteiger partial charge in [0.05, 0.1) is 24.3 Å². The summed E-state index contributed by atoms with van der Waals surface area (Å²) in [6.07, 6.45) is 5.15. The first-order valence-corrected chi connectivity index (χ1v) is 11.1. The Morgan fingerprint density at radius 2 is 1.94 bits per heavy atom. The van der Waals surface area contributed by atoms with E-state index in [9.17, 15) is 4.79 Å². The normalized spacial score (nSPS) is 27.4. The number of tetrazole rings is 1. The quantitative estimate of drug-likeness (QED) is 0.674. The Labute approximate surface area is 188 Å². The highest BCUT2D eigenvalue weighted by Gasteiger charge is 2.41. The van der Waals surface area contributed by atoms with Crippen molar-refractivity contribution in [2.75, 3.05) is 19.7 Å². The molecule has 1 aliphatic heterocycles. The van der Waals surface area contributed by atoms with Gasteiger partial charge in [-0.05, 0) is 91.6 Å². The lowest BCUT2D eigenvalue weighted by atomic mass is 9.77. The van der Waals surface area contributed by atoms with Crippen LogP contribution < -0.4 is 10.6 Å². The lowest BCUT2D eigenvalue weighted by Gasteiger charge is -2.38. The first kappa shape index (κ1) is 22.2. The fraction of sp³-hybridized carbons (Fsp3) is 0.636. The Balaban J connectivity index is 0.00000231. The number of halogens is 1. The summed E-state index contributed by atoms with van der Waals surface area (Å²) < 4.78 is 7.96. The third kappa shape index (κ3) is 5.25. The number of carbonyl (C=O) groups is 1. The van der Waals surface area contributed by atoms with Crippen molar-refractivity contribution in [1.29, 1.82) is 0 Å². The van der Waals surface area contributed by atoms with Crippen LogP contribution in [-0.2, 0) is 16.0 Å². The van der Waals surface area contributed by atoms with Crippen molar-refractivity contribution >= 4 is 18.3 Å². The summed E-state index contributed by atoms with van der Waals surface area (Å²) in [6, 6.07) is 7.94. The van der Waals surface area contributed by atoms with Crippen molar-refractivity contribution in [3.05, 3.63) is 35.7 Å². The molecule has 2 heterocycles. The Morgan fingerprint density at radius 1 is 1.19 bits per heavy atom. The van der Waals surface area contributed by atoms with Gasteiger partial charge in [0, 0.05) is 6.61 Å². The molecule has 2 aromatic rings. The maximum Gasteiger partial charge on any atom is 0.224 e. The summed E-state index contributed by atoms with van der Waals surface area (Å²) in [5.41, 5.74) is 1.87. The third-order valence-corrected chi connectivity index (χ3v) is 6.78. The van der Waals surface area contributed by atoms with Gasteiger partial charge in [0.1, 0.15) is 0 Å². The summed E-state index contributed by atoms with van der Waals surface area (Å²) in [5.74, 6) is 2.87. The summed E-state index contributed by atoms with van der Waals surface area (Å²) in [5, 5.41) is 18.4. The first-order valence-electron chi connectivity index (χ1n) is 11.1. The molecule has 2 saturated carbocycles. The molecule has 168 valence electrons. The van der Waals surface area contributed by atoms with Crippen molar-refractivity contribution in [1.82, 2.24) is 30.8 Å². The maximum absolute atomic E-state index is 12.8. The minimum Gasteiger partial charge on any atom is -0.376 e. The fourth-order valence-electron chi connectivity index (χ4n) is 4.83. The summed E-state index contributed by atoms with van der Waals surface area (Å²) in [6.45, 7) is 4.85. The molecule has 9 heteroatoms. The molecule has 2 aliphatic carbocycles. The van der Waals surface area contributed by atoms with Crippen molar-refractivity contribution in [3.63, 3.8) is 0 Å². The van der Waals surface area contributed by atoms with Crippen molar-refractivity contribution in [2.24, 2.45) is 17.8 Å². The molecule has 0 bridgehead atoms. The second kappa shape index (κ2) is 9.63. The Hall–Kier alpha value is -2.03. The van der Waals surface area contributed by atoms with E-state index in [2.05, 4.69) is 26.2 Å².